The van der Waals surface area contributed by atoms with Crippen molar-refractivity contribution in [2.45, 2.75) is 13.3 Å². The first-order valence-corrected chi connectivity index (χ1v) is 7.64. The smallest absolute Gasteiger partial charge is 0.272 e. The third-order valence-electron chi connectivity index (χ3n) is 4.01. The molecule has 0 spiro atoms. The van der Waals surface area contributed by atoms with Gasteiger partial charge in [-0.05, 0) is 37.1 Å². The van der Waals surface area contributed by atoms with E-state index in [-0.39, 0.29) is 11.6 Å². The standard InChI is InChI=1S/C18H17N3O3/c1-12-10-13(6-7-17(12)21(23)24)18(22)19-9-8-14-11-20-16-5-3-2-4-15(14)16/h2-7,10-11,20H,8-9H2,1H3,(H,19,22). The van der Waals surface area contributed by atoms with Crippen LogP contribution in [0.5, 0.6) is 0 Å². The molecule has 6 heteroatoms. The number of hydrogen-bond donors (Lipinski definition) is 2. The summed E-state index contributed by atoms with van der Waals surface area (Å²) in [7, 11) is 0. The van der Waals surface area contributed by atoms with E-state index in [0.717, 1.165) is 16.5 Å². The summed E-state index contributed by atoms with van der Waals surface area (Å²) in [5, 5.41) is 14.8. The van der Waals surface area contributed by atoms with Crippen LogP contribution < -0.4 is 5.32 Å². The van der Waals surface area contributed by atoms with Gasteiger partial charge in [0.25, 0.3) is 11.6 Å². The van der Waals surface area contributed by atoms with Crippen LogP contribution in [0.3, 0.4) is 0 Å². The Morgan fingerprint density at radius 1 is 1.25 bits per heavy atom. The molecule has 122 valence electrons. The minimum absolute atomic E-state index is 0.0188. The van der Waals surface area contributed by atoms with Crippen LogP contribution in [0.1, 0.15) is 21.5 Å². The average Bonchev–Trinajstić information content (AvgIpc) is 2.97. The van der Waals surface area contributed by atoms with Crippen LogP contribution in [0.25, 0.3) is 10.9 Å². The Morgan fingerprint density at radius 2 is 2.04 bits per heavy atom. The van der Waals surface area contributed by atoms with E-state index in [2.05, 4.69) is 10.3 Å². The number of hydrogen-bond acceptors (Lipinski definition) is 3. The van der Waals surface area contributed by atoms with Crippen molar-refractivity contribution >= 4 is 22.5 Å². The summed E-state index contributed by atoms with van der Waals surface area (Å²) < 4.78 is 0. The predicted octanol–water partition coefficient (Wildman–Crippen LogP) is 3.36. The lowest BCUT2D eigenvalue weighted by molar-refractivity contribution is -0.385. The summed E-state index contributed by atoms with van der Waals surface area (Å²) in [6, 6.07) is 12.4. The monoisotopic (exact) mass is 323 g/mol. The molecule has 6 nitrogen and oxygen atoms in total. The van der Waals surface area contributed by atoms with Crippen LogP contribution in [0.15, 0.2) is 48.7 Å². The van der Waals surface area contributed by atoms with E-state index < -0.39 is 4.92 Å². The maximum atomic E-state index is 12.2. The van der Waals surface area contributed by atoms with Gasteiger partial charge >= 0.3 is 0 Å². The minimum Gasteiger partial charge on any atom is -0.361 e. The molecule has 0 atom stereocenters. The van der Waals surface area contributed by atoms with Gasteiger partial charge in [0, 0.05) is 40.8 Å². The molecule has 0 saturated carbocycles. The van der Waals surface area contributed by atoms with Gasteiger partial charge in [0.2, 0.25) is 0 Å². The largest absolute Gasteiger partial charge is 0.361 e. The Bertz CT molecular complexity index is 915. The first kappa shape index (κ1) is 15.7. The molecule has 0 aliphatic heterocycles. The molecule has 3 rings (SSSR count). The van der Waals surface area contributed by atoms with Crippen LogP contribution in [-0.4, -0.2) is 22.4 Å². The molecule has 0 unspecified atom stereocenters. The Labute approximate surface area is 138 Å². The number of nitrogens with zero attached hydrogens (tertiary/aromatic N) is 1. The van der Waals surface area contributed by atoms with Gasteiger partial charge in [-0.15, -0.1) is 0 Å². The number of carbonyl (C=O) groups is 1. The van der Waals surface area contributed by atoms with E-state index >= 15 is 0 Å². The van der Waals surface area contributed by atoms with Crippen molar-refractivity contribution in [2.75, 3.05) is 6.54 Å². The minimum atomic E-state index is -0.450. The SMILES string of the molecule is Cc1cc(C(=O)NCCc2c[nH]c3ccccc23)ccc1[N+](=O)[O-]. The predicted molar refractivity (Wildman–Crippen MR) is 92.2 cm³/mol. The van der Waals surface area contributed by atoms with Crippen LogP contribution in [0.4, 0.5) is 5.69 Å². The summed E-state index contributed by atoms with van der Waals surface area (Å²) in [6.07, 6.45) is 2.66. The second-order valence-corrected chi connectivity index (χ2v) is 5.62. The quantitative estimate of drug-likeness (QED) is 0.557. The number of aromatic nitrogens is 1. The van der Waals surface area contributed by atoms with Gasteiger partial charge in [0.1, 0.15) is 0 Å². The molecule has 1 heterocycles. The highest BCUT2D eigenvalue weighted by molar-refractivity contribution is 5.94. The number of benzene rings is 2. The number of aromatic amines is 1. The molecule has 24 heavy (non-hydrogen) atoms. The van der Waals surface area contributed by atoms with Gasteiger partial charge in [-0.2, -0.15) is 0 Å². The van der Waals surface area contributed by atoms with Crippen LogP contribution in [-0.2, 0) is 6.42 Å². The fourth-order valence-electron chi connectivity index (χ4n) is 2.75. The van der Waals surface area contributed by atoms with E-state index in [9.17, 15) is 14.9 Å². The molecule has 0 fully saturated rings. The second-order valence-electron chi connectivity index (χ2n) is 5.62. The number of amides is 1. The Balaban J connectivity index is 1.63. The molecule has 1 amide bonds. The molecular weight excluding hydrogens is 306 g/mol. The van der Waals surface area contributed by atoms with E-state index in [1.54, 1.807) is 13.0 Å². The van der Waals surface area contributed by atoms with E-state index in [1.165, 1.54) is 12.1 Å². The molecule has 0 aliphatic carbocycles. The van der Waals surface area contributed by atoms with Crippen molar-refractivity contribution < 1.29 is 9.72 Å². The van der Waals surface area contributed by atoms with Crippen molar-refractivity contribution in [1.29, 1.82) is 0 Å². The molecule has 3 aromatic rings. The zero-order chi connectivity index (χ0) is 17.1. The topological polar surface area (TPSA) is 88.0 Å². The van der Waals surface area contributed by atoms with Crippen molar-refractivity contribution in [3.8, 4) is 0 Å². The number of rotatable bonds is 5. The number of nitro groups is 1. The third-order valence-corrected chi connectivity index (χ3v) is 4.01. The average molecular weight is 323 g/mol. The third kappa shape index (κ3) is 3.12. The maximum absolute atomic E-state index is 12.2. The number of nitrogens with one attached hydrogen (secondary N) is 2. The summed E-state index contributed by atoms with van der Waals surface area (Å²) in [5.74, 6) is -0.229. The Hall–Kier alpha value is -3.15. The lowest BCUT2D eigenvalue weighted by Crippen LogP contribution is -2.25. The summed E-state index contributed by atoms with van der Waals surface area (Å²) in [4.78, 5) is 25.8. The van der Waals surface area contributed by atoms with Gasteiger partial charge in [0.05, 0.1) is 4.92 Å². The van der Waals surface area contributed by atoms with Crippen molar-refractivity contribution in [3.63, 3.8) is 0 Å². The first-order chi connectivity index (χ1) is 11.6. The number of carbonyl (C=O) groups excluding carboxylic acids is 1. The van der Waals surface area contributed by atoms with E-state index in [4.69, 9.17) is 0 Å². The van der Waals surface area contributed by atoms with Gasteiger partial charge in [-0.25, -0.2) is 0 Å². The van der Waals surface area contributed by atoms with Gasteiger partial charge < -0.3 is 10.3 Å². The maximum Gasteiger partial charge on any atom is 0.272 e. The van der Waals surface area contributed by atoms with Crippen LogP contribution >= 0.6 is 0 Å². The molecule has 0 aliphatic rings. The van der Waals surface area contributed by atoms with Crippen molar-refractivity contribution in [3.05, 3.63) is 75.5 Å². The highest BCUT2D eigenvalue weighted by Gasteiger charge is 2.13. The van der Waals surface area contributed by atoms with Crippen LogP contribution in [0.2, 0.25) is 0 Å². The number of nitro benzene ring substituents is 1. The Kier molecular flexibility index (Phi) is 4.29. The van der Waals surface area contributed by atoms with Crippen molar-refractivity contribution in [2.24, 2.45) is 0 Å². The summed E-state index contributed by atoms with van der Waals surface area (Å²) >= 11 is 0. The summed E-state index contributed by atoms with van der Waals surface area (Å²) in [6.45, 7) is 2.12. The highest BCUT2D eigenvalue weighted by atomic mass is 16.6. The van der Waals surface area contributed by atoms with Crippen LogP contribution in [0, 0.1) is 17.0 Å². The number of H-pyrrole nitrogens is 1. The zero-order valence-electron chi connectivity index (χ0n) is 13.2. The second kappa shape index (κ2) is 6.54. The molecule has 0 radical (unpaired) electrons. The number of fused-ring (bicyclic) bond motifs is 1. The fourth-order valence-corrected chi connectivity index (χ4v) is 2.75. The zero-order valence-corrected chi connectivity index (χ0v) is 13.2. The molecular formula is C18H17N3O3. The molecule has 1 aromatic heterocycles. The van der Waals surface area contributed by atoms with E-state index in [0.29, 0.717) is 24.1 Å². The molecule has 2 N–H and O–H groups in total. The van der Waals surface area contributed by atoms with Gasteiger partial charge in [0.15, 0.2) is 0 Å². The molecule has 2 aromatic carbocycles. The fraction of sp³-hybridized carbons (Fsp3) is 0.167. The lowest BCUT2D eigenvalue weighted by atomic mass is 10.1. The number of aryl methyl sites for hydroxylation is 1. The first-order valence-electron chi connectivity index (χ1n) is 7.64. The Morgan fingerprint density at radius 3 is 2.79 bits per heavy atom. The van der Waals surface area contributed by atoms with Gasteiger partial charge in [-0.1, -0.05) is 18.2 Å². The summed E-state index contributed by atoms with van der Waals surface area (Å²) in [5.41, 5.74) is 3.14. The lowest BCUT2D eigenvalue weighted by Gasteiger charge is -2.06. The van der Waals surface area contributed by atoms with E-state index in [1.807, 2.05) is 30.5 Å². The number of para-hydroxylation sites is 1. The highest BCUT2D eigenvalue weighted by Crippen LogP contribution is 2.19. The molecule has 0 bridgehead atoms. The van der Waals surface area contributed by atoms with Gasteiger partial charge in [-0.3, -0.25) is 14.9 Å². The van der Waals surface area contributed by atoms with Crippen molar-refractivity contribution in [1.82, 2.24) is 10.3 Å². The normalized spacial score (nSPS) is 10.7. The molecule has 0 saturated heterocycles.